The first-order valence-corrected chi connectivity index (χ1v) is 8.55. The molecule has 0 aliphatic rings. The Morgan fingerprint density at radius 1 is 0.962 bits per heavy atom. The van der Waals surface area contributed by atoms with E-state index in [4.69, 9.17) is 0 Å². The zero-order valence-electron chi connectivity index (χ0n) is 15.2. The minimum Gasteiger partial charge on any atom is -0.344 e. The molecule has 2 N–H and O–H groups in total. The van der Waals surface area contributed by atoms with E-state index in [-0.39, 0.29) is 11.9 Å². The summed E-state index contributed by atoms with van der Waals surface area (Å²) in [4.78, 5) is 20.8. The second kappa shape index (κ2) is 7.78. The zero-order valence-corrected chi connectivity index (χ0v) is 15.2. The van der Waals surface area contributed by atoms with E-state index in [1.807, 2.05) is 49.4 Å². The molecule has 0 spiro atoms. The van der Waals surface area contributed by atoms with E-state index in [0.29, 0.717) is 11.5 Å². The number of carbonyl (C=O) groups excluding carboxylic acids is 1. The normalized spacial score (nSPS) is 11.7. The van der Waals surface area contributed by atoms with Crippen molar-refractivity contribution in [2.24, 2.45) is 0 Å². The van der Waals surface area contributed by atoms with E-state index >= 15 is 0 Å². The predicted molar refractivity (Wildman–Crippen MR) is 104 cm³/mol. The maximum Gasteiger partial charge on any atom is 0.270 e. The Kier molecular flexibility index (Phi) is 5.27. The van der Waals surface area contributed by atoms with Crippen molar-refractivity contribution in [3.05, 3.63) is 83.3 Å². The van der Waals surface area contributed by atoms with Crippen LogP contribution in [0.5, 0.6) is 0 Å². The van der Waals surface area contributed by atoms with Gasteiger partial charge in [0.1, 0.15) is 17.8 Å². The molecule has 0 radical (unpaired) electrons. The SMILES string of the molecule is Cc1ccc(Nc2cc(C(=O)NC(C)c3ccccc3)ncn2)cc1C. The van der Waals surface area contributed by atoms with Gasteiger partial charge >= 0.3 is 0 Å². The number of aromatic nitrogens is 2. The molecule has 132 valence electrons. The number of aryl methyl sites for hydroxylation is 2. The highest BCUT2D eigenvalue weighted by Crippen LogP contribution is 2.19. The molecule has 0 aliphatic carbocycles. The van der Waals surface area contributed by atoms with E-state index in [2.05, 4.69) is 40.5 Å². The third-order valence-electron chi connectivity index (χ3n) is 4.33. The van der Waals surface area contributed by atoms with Gasteiger partial charge in [0.25, 0.3) is 5.91 Å². The maximum absolute atomic E-state index is 12.5. The van der Waals surface area contributed by atoms with Gasteiger partial charge < -0.3 is 10.6 Å². The van der Waals surface area contributed by atoms with Crippen LogP contribution in [0.2, 0.25) is 0 Å². The number of carbonyl (C=O) groups is 1. The van der Waals surface area contributed by atoms with Crippen LogP contribution < -0.4 is 10.6 Å². The van der Waals surface area contributed by atoms with Gasteiger partial charge in [-0.05, 0) is 49.6 Å². The lowest BCUT2D eigenvalue weighted by molar-refractivity contribution is 0.0934. The van der Waals surface area contributed by atoms with Gasteiger partial charge in [0.05, 0.1) is 6.04 Å². The van der Waals surface area contributed by atoms with Gasteiger partial charge in [-0.25, -0.2) is 9.97 Å². The van der Waals surface area contributed by atoms with E-state index in [1.54, 1.807) is 6.07 Å². The standard InChI is InChI=1S/C21H22N4O/c1-14-9-10-18(11-15(14)2)25-20-12-19(22-13-23-20)21(26)24-16(3)17-7-5-4-6-8-17/h4-13,16H,1-3H3,(H,24,26)(H,22,23,25). The molecule has 1 amide bonds. The van der Waals surface area contributed by atoms with Crippen LogP contribution in [0.4, 0.5) is 11.5 Å². The maximum atomic E-state index is 12.5. The lowest BCUT2D eigenvalue weighted by Gasteiger charge is -2.14. The molecule has 1 aromatic heterocycles. The number of nitrogens with zero attached hydrogens (tertiary/aromatic N) is 2. The highest BCUT2D eigenvalue weighted by atomic mass is 16.1. The number of benzene rings is 2. The Morgan fingerprint density at radius 3 is 2.46 bits per heavy atom. The molecule has 0 saturated heterocycles. The molecular formula is C21H22N4O. The quantitative estimate of drug-likeness (QED) is 0.722. The molecule has 1 unspecified atom stereocenters. The summed E-state index contributed by atoms with van der Waals surface area (Å²) in [5, 5.41) is 6.18. The van der Waals surface area contributed by atoms with Gasteiger partial charge in [-0.15, -0.1) is 0 Å². The van der Waals surface area contributed by atoms with Gasteiger partial charge in [-0.2, -0.15) is 0 Å². The van der Waals surface area contributed by atoms with E-state index in [1.165, 1.54) is 17.5 Å². The fraction of sp³-hybridized carbons (Fsp3) is 0.190. The first-order valence-electron chi connectivity index (χ1n) is 8.55. The summed E-state index contributed by atoms with van der Waals surface area (Å²) < 4.78 is 0. The van der Waals surface area contributed by atoms with Crippen LogP contribution in [0.25, 0.3) is 0 Å². The number of nitrogens with one attached hydrogen (secondary N) is 2. The van der Waals surface area contributed by atoms with Crippen LogP contribution in [0.1, 0.15) is 40.1 Å². The molecule has 1 atom stereocenters. The highest BCUT2D eigenvalue weighted by Gasteiger charge is 2.13. The van der Waals surface area contributed by atoms with Crippen LogP contribution in [0.15, 0.2) is 60.9 Å². The Balaban J connectivity index is 1.72. The van der Waals surface area contributed by atoms with Crippen LogP contribution in [-0.4, -0.2) is 15.9 Å². The van der Waals surface area contributed by atoms with Crippen molar-refractivity contribution in [1.29, 1.82) is 0 Å². The summed E-state index contributed by atoms with van der Waals surface area (Å²) in [6.07, 6.45) is 1.39. The summed E-state index contributed by atoms with van der Waals surface area (Å²) >= 11 is 0. The number of anilines is 2. The third kappa shape index (κ3) is 4.25. The minimum absolute atomic E-state index is 0.102. The van der Waals surface area contributed by atoms with E-state index in [9.17, 15) is 4.79 Å². The zero-order chi connectivity index (χ0) is 18.5. The molecule has 26 heavy (non-hydrogen) atoms. The molecular weight excluding hydrogens is 324 g/mol. The van der Waals surface area contributed by atoms with Gasteiger partial charge in [0.2, 0.25) is 0 Å². The fourth-order valence-corrected chi connectivity index (χ4v) is 2.61. The smallest absolute Gasteiger partial charge is 0.270 e. The molecule has 0 fully saturated rings. The summed E-state index contributed by atoms with van der Waals surface area (Å²) in [5.41, 5.74) is 4.72. The molecule has 3 rings (SSSR count). The average molecular weight is 346 g/mol. The number of amides is 1. The van der Waals surface area contributed by atoms with Crippen LogP contribution in [-0.2, 0) is 0 Å². The molecule has 5 nitrogen and oxygen atoms in total. The van der Waals surface area contributed by atoms with Crippen molar-refractivity contribution < 1.29 is 4.79 Å². The summed E-state index contributed by atoms with van der Waals surface area (Å²) in [7, 11) is 0. The predicted octanol–water partition coefficient (Wildman–Crippen LogP) is 4.33. The van der Waals surface area contributed by atoms with Crippen molar-refractivity contribution in [2.75, 3.05) is 5.32 Å². The summed E-state index contributed by atoms with van der Waals surface area (Å²) in [5.74, 6) is 0.354. The van der Waals surface area contributed by atoms with Crippen molar-refractivity contribution in [2.45, 2.75) is 26.8 Å². The lowest BCUT2D eigenvalue weighted by atomic mass is 10.1. The lowest BCUT2D eigenvalue weighted by Crippen LogP contribution is -2.27. The van der Waals surface area contributed by atoms with Crippen LogP contribution in [0, 0.1) is 13.8 Å². The average Bonchev–Trinajstić information content (AvgIpc) is 2.65. The fourth-order valence-electron chi connectivity index (χ4n) is 2.61. The monoisotopic (exact) mass is 346 g/mol. The van der Waals surface area contributed by atoms with E-state index in [0.717, 1.165) is 11.3 Å². The third-order valence-corrected chi connectivity index (χ3v) is 4.33. The van der Waals surface area contributed by atoms with E-state index < -0.39 is 0 Å². The Morgan fingerprint density at radius 2 is 1.73 bits per heavy atom. The molecule has 0 aliphatic heterocycles. The molecule has 0 saturated carbocycles. The molecule has 1 heterocycles. The minimum atomic E-state index is -0.230. The van der Waals surface area contributed by atoms with Crippen LogP contribution in [0.3, 0.4) is 0 Å². The Labute approximate surface area is 153 Å². The first kappa shape index (κ1) is 17.6. The largest absolute Gasteiger partial charge is 0.344 e. The molecule has 2 aromatic carbocycles. The topological polar surface area (TPSA) is 66.9 Å². The van der Waals surface area contributed by atoms with Gasteiger partial charge in [0, 0.05) is 11.8 Å². The highest BCUT2D eigenvalue weighted by molar-refractivity contribution is 5.93. The second-order valence-corrected chi connectivity index (χ2v) is 6.32. The first-order chi connectivity index (χ1) is 12.5. The Bertz CT molecular complexity index is 909. The van der Waals surface area contributed by atoms with Crippen molar-refractivity contribution >= 4 is 17.4 Å². The van der Waals surface area contributed by atoms with Crippen molar-refractivity contribution in [3.8, 4) is 0 Å². The molecule has 5 heteroatoms. The Hall–Kier alpha value is -3.21. The summed E-state index contributed by atoms with van der Waals surface area (Å²) in [6, 6.07) is 17.5. The van der Waals surface area contributed by atoms with Crippen molar-refractivity contribution in [1.82, 2.24) is 15.3 Å². The second-order valence-electron chi connectivity index (χ2n) is 6.32. The van der Waals surface area contributed by atoms with Crippen LogP contribution >= 0.6 is 0 Å². The number of hydrogen-bond donors (Lipinski definition) is 2. The molecule has 3 aromatic rings. The van der Waals surface area contributed by atoms with Gasteiger partial charge in [-0.1, -0.05) is 36.4 Å². The molecule has 0 bridgehead atoms. The van der Waals surface area contributed by atoms with Gasteiger partial charge in [0.15, 0.2) is 0 Å². The number of rotatable bonds is 5. The van der Waals surface area contributed by atoms with Gasteiger partial charge in [-0.3, -0.25) is 4.79 Å². The summed E-state index contributed by atoms with van der Waals surface area (Å²) in [6.45, 7) is 6.08. The van der Waals surface area contributed by atoms with Crippen molar-refractivity contribution in [3.63, 3.8) is 0 Å². The number of hydrogen-bond acceptors (Lipinski definition) is 4.